The summed E-state index contributed by atoms with van der Waals surface area (Å²) in [5.41, 5.74) is 3.37. The number of aryl methyl sites for hydroxylation is 1. The van der Waals surface area contributed by atoms with E-state index in [0.29, 0.717) is 23.5 Å². The van der Waals surface area contributed by atoms with E-state index in [1.165, 1.54) is 11.6 Å². The van der Waals surface area contributed by atoms with Crippen molar-refractivity contribution in [3.8, 4) is 11.5 Å². The molecular weight excluding hydrogens is 335 g/mol. The quantitative estimate of drug-likeness (QED) is 0.892. The van der Waals surface area contributed by atoms with Crippen LogP contribution in [0.2, 0.25) is 0 Å². The monoisotopic (exact) mass is 358 g/mol. The number of halogens is 1. The van der Waals surface area contributed by atoms with Gasteiger partial charge in [0.2, 0.25) is 5.91 Å². The zero-order chi connectivity index (χ0) is 18.7. The van der Waals surface area contributed by atoms with Crippen LogP contribution in [-0.4, -0.2) is 38.1 Å². The van der Waals surface area contributed by atoms with E-state index in [0.717, 1.165) is 24.3 Å². The van der Waals surface area contributed by atoms with Crippen molar-refractivity contribution in [1.82, 2.24) is 4.90 Å². The van der Waals surface area contributed by atoms with Gasteiger partial charge in [0.25, 0.3) is 0 Å². The number of amides is 1. The molecule has 26 heavy (non-hydrogen) atoms. The van der Waals surface area contributed by atoms with Crippen LogP contribution >= 0.6 is 0 Å². The number of anilines is 1. The van der Waals surface area contributed by atoms with Crippen LogP contribution in [0.4, 0.5) is 10.1 Å². The van der Waals surface area contributed by atoms with Crippen LogP contribution < -0.4 is 14.8 Å². The number of hydrogen-bond acceptors (Lipinski definition) is 4. The maximum atomic E-state index is 13.6. The van der Waals surface area contributed by atoms with Gasteiger partial charge in [0, 0.05) is 18.8 Å². The van der Waals surface area contributed by atoms with Crippen molar-refractivity contribution >= 4 is 11.6 Å². The highest BCUT2D eigenvalue weighted by molar-refractivity contribution is 5.92. The summed E-state index contributed by atoms with van der Waals surface area (Å²) in [6.07, 6.45) is 0.835. The van der Waals surface area contributed by atoms with Crippen molar-refractivity contribution in [2.45, 2.75) is 19.9 Å². The summed E-state index contributed by atoms with van der Waals surface area (Å²) in [6, 6.07) is 8.67. The van der Waals surface area contributed by atoms with Gasteiger partial charge in [-0.05, 0) is 54.3 Å². The summed E-state index contributed by atoms with van der Waals surface area (Å²) in [7, 11) is 3.23. The van der Waals surface area contributed by atoms with Crippen LogP contribution in [0.3, 0.4) is 0 Å². The van der Waals surface area contributed by atoms with Gasteiger partial charge >= 0.3 is 0 Å². The van der Waals surface area contributed by atoms with E-state index in [4.69, 9.17) is 9.47 Å². The van der Waals surface area contributed by atoms with E-state index in [2.05, 4.69) is 10.2 Å². The van der Waals surface area contributed by atoms with Crippen LogP contribution in [0.25, 0.3) is 0 Å². The van der Waals surface area contributed by atoms with Crippen molar-refractivity contribution in [3.05, 3.63) is 52.8 Å². The first-order valence-corrected chi connectivity index (χ1v) is 8.52. The molecule has 3 rings (SSSR count). The second kappa shape index (κ2) is 7.74. The average molecular weight is 358 g/mol. The molecule has 0 bridgehead atoms. The molecule has 0 atom stereocenters. The van der Waals surface area contributed by atoms with Gasteiger partial charge in [-0.2, -0.15) is 0 Å². The molecule has 2 aromatic rings. The van der Waals surface area contributed by atoms with Crippen molar-refractivity contribution in [2.24, 2.45) is 0 Å². The van der Waals surface area contributed by atoms with Crippen molar-refractivity contribution in [3.63, 3.8) is 0 Å². The number of benzene rings is 2. The SMILES string of the molecule is COc1cc2c(cc1OC)CN(CC(=O)Nc1ccc(C)c(F)c1)CC2. The zero-order valence-electron chi connectivity index (χ0n) is 15.3. The van der Waals surface area contributed by atoms with Gasteiger partial charge in [0.15, 0.2) is 11.5 Å². The molecule has 0 unspecified atom stereocenters. The molecule has 0 spiro atoms. The lowest BCUT2D eigenvalue weighted by atomic mass is 9.99. The predicted octanol–water partition coefficient (Wildman–Crippen LogP) is 3.15. The standard InChI is InChI=1S/C20H23FN2O3/c1-13-4-5-16(10-17(13)21)22-20(24)12-23-7-6-14-8-18(25-2)19(26-3)9-15(14)11-23/h4-5,8-10H,6-7,11-12H2,1-3H3,(H,22,24). The fraction of sp³-hybridized carbons (Fsp3) is 0.350. The van der Waals surface area contributed by atoms with Gasteiger partial charge in [0.1, 0.15) is 5.82 Å². The molecule has 6 heteroatoms. The fourth-order valence-electron chi connectivity index (χ4n) is 3.15. The Bertz CT molecular complexity index is 823. The number of carbonyl (C=O) groups excluding carboxylic acids is 1. The smallest absolute Gasteiger partial charge is 0.238 e. The zero-order valence-corrected chi connectivity index (χ0v) is 15.3. The van der Waals surface area contributed by atoms with Gasteiger partial charge in [-0.15, -0.1) is 0 Å². The summed E-state index contributed by atoms with van der Waals surface area (Å²) in [4.78, 5) is 14.4. The maximum Gasteiger partial charge on any atom is 0.238 e. The van der Waals surface area contributed by atoms with E-state index >= 15 is 0 Å². The van der Waals surface area contributed by atoms with E-state index < -0.39 is 0 Å². The Morgan fingerprint density at radius 2 is 1.85 bits per heavy atom. The van der Waals surface area contributed by atoms with Gasteiger partial charge in [-0.1, -0.05) is 6.07 Å². The molecule has 138 valence electrons. The average Bonchev–Trinajstić information content (AvgIpc) is 2.63. The van der Waals surface area contributed by atoms with Gasteiger partial charge < -0.3 is 14.8 Å². The van der Waals surface area contributed by atoms with Crippen molar-refractivity contribution in [1.29, 1.82) is 0 Å². The molecule has 1 N–H and O–H groups in total. The number of fused-ring (bicyclic) bond motifs is 1. The number of nitrogens with zero attached hydrogens (tertiary/aromatic N) is 1. The summed E-state index contributed by atoms with van der Waals surface area (Å²) in [5.74, 6) is 0.930. The summed E-state index contributed by atoms with van der Waals surface area (Å²) < 4.78 is 24.3. The molecule has 1 heterocycles. The Morgan fingerprint density at radius 3 is 2.50 bits per heavy atom. The Morgan fingerprint density at radius 1 is 1.15 bits per heavy atom. The van der Waals surface area contributed by atoms with Gasteiger partial charge in [0.05, 0.1) is 20.8 Å². The molecule has 0 fully saturated rings. The molecule has 0 aliphatic carbocycles. The fourth-order valence-corrected chi connectivity index (χ4v) is 3.15. The number of nitrogens with one attached hydrogen (secondary N) is 1. The van der Waals surface area contributed by atoms with Crippen LogP contribution in [0, 0.1) is 12.7 Å². The van der Waals surface area contributed by atoms with Gasteiger partial charge in [-0.25, -0.2) is 4.39 Å². The molecule has 5 nitrogen and oxygen atoms in total. The first-order valence-electron chi connectivity index (χ1n) is 8.52. The highest BCUT2D eigenvalue weighted by atomic mass is 19.1. The summed E-state index contributed by atoms with van der Waals surface area (Å²) in [6.45, 7) is 3.38. The minimum Gasteiger partial charge on any atom is -0.493 e. The van der Waals surface area contributed by atoms with Crippen molar-refractivity contribution in [2.75, 3.05) is 32.6 Å². The Labute approximate surface area is 152 Å². The van der Waals surface area contributed by atoms with Crippen LogP contribution in [-0.2, 0) is 17.8 Å². The molecule has 1 aliphatic heterocycles. The maximum absolute atomic E-state index is 13.6. The Balaban J connectivity index is 1.65. The topological polar surface area (TPSA) is 50.8 Å². The highest BCUT2D eigenvalue weighted by Crippen LogP contribution is 2.33. The van der Waals surface area contributed by atoms with E-state index in [1.54, 1.807) is 33.3 Å². The number of methoxy groups -OCH3 is 2. The molecule has 1 amide bonds. The largest absolute Gasteiger partial charge is 0.493 e. The minimum absolute atomic E-state index is 0.155. The van der Waals surface area contributed by atoms with Crippen molar-refractivity contribution < 1.29 is 18.7 Å². The molecule has 0 aromatic heterocycles. The second-order valence-electron chi connectivity index (χ2n) is 6.45. The Kier molecular flexibility index (Phi) is 5.42. The molecule has 0 radical (unpaired) electrons. The predicted molar refractivity (Wildman–Crippen MR) is 98.3 cm³/mol. The highest BCUT2D eigenvalue weighted by Gasteiger charge is 2.21. The Hall–Kier alpha value is -2.60. The lowest BCUT2D eigenvalue weighted by Gasteiger charge is -2.29. The summed E-state index contributed by atoms with van der Waals surface area (Å²) in [5, 5.41) is 2.76. The van der Waals surface area contributed by atoms with Crippen LogP contribution in [0.15, 0.2) is 30.3 Å². The lowest BCUT2D eigenvalue weighted by molar-refractivity contribution is -0.117. The second-order valence-corrected chi connectivity index (χ2v) is 6.45. The first kappa shape index (κ1) is 18.2. The van der Waals surface area contributed by atoms with Gasteiger partial charge in [-0.3, -0.25) is 9.69 Å². The lowest BCUT2D eigenvalue weighted by Crippen LogP contribution is -2.37. The third-order valence-electron chi connectivity index (χ3n) is 4.62. The van der Waals surface area contributed by atoms with Crippen LogP contribution in [0.5, 0.6) is 11.5 Å². The number of carbonyl (C=O) groups is 1. The molecule has 0 saturated carbocycles. The number of hydrogen-bond donors (Lipinski definition) is 1. The first-order chi connectivity index (χ1) is 12.5. The van der Waals surface area contributed by atoms with E-state index in [1.807, 2.05) is 12.1 Å². The van der Waals surface area contributed by atoms with E-state index in [-0.39, 0.29) is 18.3 Å². The number of ether oxygens (including phenoxy) is 2. The summed E-state index contributed by atoms with van der Waals surface area (Å²) >= 11 is 0. The molecule has 2 aromatic carbocycles. The molecule has 0 saturated heterocycles. The van der Waals surface area contributed by atoms with Crippen LogP contribution in [0.1, 0.15) is 16.7 Å². The van der Waals surface area contributed by atoms with E-state index in [9.17, 15) is 9.18 Å². The normalized spacial score (nSPS) is 13.8. The number of rotatable bonds is 5. The third kappa shape index (κ3) is 3.96. The minimum atomic E-state index is -0.323. The third-order valence-corrected chi connectivity index (χ3v) is 4.62. The molecule has 1 aliphatic rings. The molecular formula is C20H23FN2O3.